The SMILES string of the molecule is COc1cc2c(cc1NC(=O)C1CCCC(C(=O)O)C1)oc1ccccc12. The summed E-state index contributed by atoms with van der Waals surface area (Å²) in [4.78, 5) is 24.0. The summed E-state index contributed by atoms with van der Waals surface area (Å²) in [6, 6.07) is 11.4. The van der Waals surface area contributed by atoms with Crippen LogP contribution in [0.3, 0.4) is 0 Å². The number of hydrogen-bond acceptors (Lipinski definition) is 4. The van der Waals surface area contributed by atoms with Crippen LogP contribution in [-0.2, 0) is 9.59 Å². The second-order valence-electron chi connectivity index (χ2n) is 7.03. The van der Waals surface area contributed by atoms with Crippen LogP contribution >= 0.6 is 0 Å². The average molecular weight is 367 g/mol. The molecule has 2 N–H and O–H groups in total. The number of methoxy groups -OCH3 is 1. The number of carboxylic acids is 1. The van der Waals surface area contributed by atoms with Gasteiger partial charge < -0.3 is 19.6 Å². The van der Waals surface area contributed by atoms with Crippen molar-refractivity contribution in [2.24, 2.45) is 11.8 Å². The lowest BCUT2D eigenvalue weighted by atomic mass is 9.81. The number of aliphatic carboxylic acids is 1. The molecule has 0 radical (unpaired) electrons. The number of carbonyl (C=O) groups is 2. The highest BCUT2D eigenvalue weighted by Crippen LogP contribution is 2.37. The summed E-state index contributed by atoms with van der Waals surface area (Å²) in [5.41, 5.74) is 1.97. The van der Waals surface area contributed by atoms with E-state index in [-0.39, 0.29) is 11.8 Å². The molecule has 27 heavy (non-hydrogen) atoms. The number of fused-ring (bicyclic) bond motifs is 3. The van der Waals surface area contributed by atoms with Gasteiger partial charge in [-0.15, -0.1) is 0 Å². The third-order valence-corrected chi connectivity index (χ3v) is 5.35. The van der Waals surface area contributed by atoms with E-state index in [4.69, 9.17) is 9.15 Å². The van der Waals surface area contributed by atoms with E-state index in [0.717, 1.165) is 22.8 Å². The van der Waals surface area contributed by atoms with E-state index < -0.39 is 11.9 Å². The zero-order valence-electron chi connectivity index (χ0n) is 15.0. The molecule has 4 rings (SSSR count). The van der Waals surface area contributed by atoms with Gasteiger partial charge in [-0.05, 0) is 31.4 Å². The predicted octanol–water partition coefficient (Wildman–Crippen LogP) is 4.42. The van der Waals surface area contributed by atoms with Crippen LogP contribution in [0.4, 0.5) is 5.69 Å². The van der Waals surface area contributed by atoms with Crippen LogP contribution in [0, 0.1) is 11.8 Å². The number of benzene rings is 2. The van der Waals surface area contributed by atoms with Crippen LogP contribution in [0.5, 0.6) is 5.75 Å². The number of carboxylic acid groups (broad SMARTS) is 1. The van der Waals surface area contributed by atoms with Gasteiger partial charge in [0.2, 0.25) is 5.91 Å². The molecule has 1 heterocycles. The average Bonchev–Trinajstić information content (AvgIpc) is 3.04. The number of carbonyl (C=O) groups excluding carboxylic acids is 1. The highest BCUT2D eigenvalue weighted by molar-refractivity contribution is 6.07. The molecule has 6 nitrogen and oxygen atoms in total. The number of para-hydroxylation sites is 1. The van der Waals surface area contributed by atoms with Crippen molar-refractivity contribution in [2.75, 3.05) is 12.4 Å². The van der Waals surface area contributed by atoms with Gasteiger partial charge in [-0.1, -0.05) is 24.6 Å². The molecule has 1 aliphatic carbocycles. The van der Waals surface area contributed by atoms with E-state index in [2.05, 4.69) is 5.32 Å². The summed E-state index contributed by atoms with van der Waals surface area (Å²) in [5, 5.41) is 14.1. The van der Waals surface area contributed by atoms with Crippen LogP contribution < -0.4 is 10.1 Å². The Balaban J connectivity index is 1.63. The Labute approximate surface area is 156 Å². The van der Waals surface area contributed by atoms with Gasteiger partial charge in [0.15, 0.2) is 0 Å². The topological polar surface area (TPSA) is 88.8 Å². The van der Waals surface area contributed by atoms with Crippen molar-refractivity contribution in [1.82, 2.24) is 0 Å². The first kappa shape index (κ1) is 17.4. The normalized spacial score (nSPS) is 19.9. The zero-order chi connectivity index (χ0) is 19.0. The molecule has 0 saturated heterocycles. The maximum absolute atomic E-state index is 12.7. The summed E-state index contributed by atoms with van der Waals surface area (Å²) in [6.45, 7) is 0. The number of ether oxygens (including phenoxy) is 1. The molecule has 2 atom stereocenters. The van der Waals surface area contributed by atoms with Crippen molar-refractivity contribution >= 4 is 39.5 Å². The van der Waals surface area contributed by atoms with Crippen LogP contribution in [0.1, 0.15) is 25.7 Å². The van der Waals surface area contributed by atoms with Crippen LogP contribution in [0.25, 0.3) is 21.9 Å². The third kappa shape index (κ3) is 3.23. The van der Waals surface area contributed by atoms with Crippen molar-refractivity contribution in [1.29, 1.82) is 0 Å². The fraction of sp³-hybridized carbons (Fsp3) is 0.333. The van der Waals surface area contributed by atoms with E-state index in [0.29, 0.717) is 36.3 Å². The van der Waals surface area contributed by atoms with Gasteiger partial charge in [0.1, 0.15) is 16.9 Å². The zero-order valence-corrected chi connectivity index (χ0v) is 15.0. The van der Waals surface area contributed by atoms with E-state index in [1.807, 2.05) is 30.3 Å². The highest BCUT2D eigenvalue weighted by atomic mass is 16.5. The molecule has 1 aromatic heterocycles. The first-order valence-corrected chi connectivity index (χ1v) is 9.09. The molecule has 2 aromatic carbocycles. The Morgan fingerprint density at radius 3 is 2.67 bits per heavy atom. The van der Waals surface area contributed by atoms with Gasteiger partial charge in [0, 0.05) is 22.8 Å². The summed E-state index contributed by atoms with van der Waals surface area (Å²) < 4.78 is 11.4. The van der Waals surface area contributed by atoms with Crippen LogP contribution in [0.15, 0.2) is 40.8 Å². The molecular formula is C21H21NO5. The van der Waals surface area contributed by atoms with Gasteiger partial charge in [-0.25, -0.2) is 0 Å². The largest absolute Gasteiger partial charge is 0.495 e. The second-order valence-corrected chi connectivity index (χ2v) is 7.03. The molecule has 1 saturated carbocycles. The van der Waals surface area contributed by atoms with Crippen LogP contribution in [-0.4, -0.2) is 24.1 Å². The third-order valence-electron chi connectivity index (χ3n) is 5.35. The summed E-state index contributed by atoms with van der Waals surface area (Å²) >= 11 is 0. The second kappa shape index (κ2) is 6.95. The lowest BCUT2D eigenvalue weighted by molar-refractivity contribution is -0.143. The molecule has 1 amide bonds. The quantitative estimate of drug-likeness (QED) is 0.712. The molecule has 6 heteroatoms. The summed E-state index contributed by atoms with van der Waals surface area (Å²) in [6.07, 6.45) is 2.45. The number of nitrogens with one attached hydrogen (secondary N) is 1. The standard InChI is InChI=1S/C21H21NO5/c1-26-19-10-15-14-7-2-3-8-17(14)27-18(15)11-16(19)22-20(23)12-5-4-6-13(9-12)21(24)25/h2-3,7-8,10-13H,4-6,9H2,1H3,(H,22,23)(H,24,25). The lowest BCUT2D eigenvalue weighted by Gasteiger charge is -2.26. The number of rotatable bonds is 4. The number of amides is 1. The smallest absolute Gasteiger partial charge is 0.306 e. The van der Waals surface area contributed by atoms with Gasteiger partial charge in [-0.2, -0.15) is 0 Å². The molecule has 0 bridgehead atoms. The van der Waals surface area contributed by atoms with E-state index in [1.165, 1.54) is 0 Å². The van der Waals surface area contributed by atoms with Gasteiger partial charge in [0.25, 0.3) is 0 Å². The Kier molecular flexibility index (Phi) is 4.48. The van der Waals surface area contributed by atoms with Crippen molar-refractivity contribution < 1.29 is 23.8 Å². The minimum absolute atomic E-state index is 0.172. The summed E-state index contributed by atoms with van der Waals surface area (Å²) in [7, 11) is 1.56. The van der Waals surface area contributed by atoms with E-state index in [1.54, 1.807) is 13.2 Å². The number of furan rings is 1. The molecule has 1 fully saturated rings. The summed E-state index contributed by atoms with van der Waals surface area (Å²) in [5.74, 6) is -1.21. The fourth-order valence-corrected chi connectivity index (χ4v) is 3.91. The van der Waals surface area contributed by atoms with Crippen molar-refractivity contribution in [3.63, 3.8) is 0 Å². The molecule has 0 aliphatic heterocycles. The Hall–Kier alpha value is -3.02. The molecule has 0 spiro atoms. The molecule has 1 aliphatic rings. The number of anilines is 1. The van der Waals surface area contributed by atoms with Crippen molar-refractivity contribution in [3.8, 4) is 5.75 Å². The predicted molar refractivity (Wildman–Crippen MR) is 102 cm³/mol. The first-order valence-electron chi connectivity index (χ1n) is 9.09. The molecule has 140 valence electrons. The van der Waals surface area contributed by atoms with Crippen molar-refractivity contribution in [2.45, 2.75) is 25.7 Å². The molecular weight excluding hydrogens is 346 g/mol. The Morgan fingerprint density at radius 2 is 1.89 bits per heavy atom. The monoisotopic (exact) mass is 367 g/mol. The van der Waals surface area contributed by atoms with Gasteiger partial charge in [-0.3, -0.25) is 9.59 Å². The Bertz CT molecular complexity index is 1020. The maximum Gasteiger partial charge on any atom is 0.306 e. The van der Waals surface area contributed by atoms with Gasteiger partial charge in [0.05, 0.1) is 18.7 Å². The minimum atomic E-state index is -0.825. The molecule has 3 aromatic rings. The Morgan fingerprint density at radius 1 is 1.11 bits per heavy atom. The highest BCUT2D eigenvalue weighted by Gasteiger charge is 2.31. The minimum Gasteiger partial charge on any atom is -0.495 e. The molecule has 2 unspecified atom stereocenters. The number of hydrogen-bond donors (Lipinski definition) is 2. The lowest BCUT2D eigenvalue weighted by Crippen LogP contribution is -2.31. The van der Waals surface area contributed by atoms with Crippen molar-refractivity contribution in [3.05, 3.63) is 36.4 Å². The first-order chi connectivity index (χ1) is 13.1. The van der Waals surface area contributed by atoms with E-state index in [9.17, 15) is 14.7 Å². The maximum atomic E-state index is 12.7. The van der Waals surface area contributed by atoms with Crippen LogP contribution in [0.2, 0.25) is 0 Å². The van der Waals surface area contributed by atoms with Gasteiger partial charge >= 0.3 is 5.97 Å². The fourth-order valence-electron chi connectivity index (χ4n) is 3.91. The van der Waals surface area contributed by atoms with E-state index >= 15 is 0 Å².